The minimum Gasteiger partial charge on any atom is -0.300 e. The normalized spacial score (nSPS) is 10.6. The van der Waals surface area contributed by atoms with Crippen LogP contribution in [0.4, 0.5) is 0 Å². The van der Waals surface area contributed by atoms with Crippen molar-refractivity contribution in [1.82, 2.24) is 0 Å². The van der Waals surface area contributed by atoms with E-state index in [1.165, 1.54) is 5.56 Å². The predicted molar refractivity (Wildman–Crippen MR) is 69.3 cm³/mol. The number of carbonyl (C=O) groups excluding carboxylic acids is 2. The third kappa shape index (κ3) is 4.14. The summed E-state index contributed by atoms with van der Waals surface area (Å²) in [5.74, 6) is 0.304. The van der Waals surface area contributed by atoms with Crippen LogP contribution in [0.2, 0.25) is 0 Å². The van der Waals surface area contributed by atoms with E-state index in [2.05, 4.69) is 6.07 Å². The maximum absolute atomic E-state index is 11.3. The Morgan fingerprint density at radius 3 is 2.00 bits per heavy atom. The minimum absolute atomic E-state index is 0.0330. The zero-order valence-electron chi connectivity index (χ0n) is 11.0. The highest BCUT2D eigenvalue weighted by Crippen LogP contribution is 2.27. The molecule has 0 saturated heterocycles. The van der Waals surface area contributed by atoms with Crippen molar-refractivity contribution < 1.29 is 9.59 Å². The van der Waals surface area contributed by atoms with E-state index in [-0.39, 0.29) is 17.5 Å². The molecule has 1 rings (SSSR count). The van der Waals surface area contributed by atoms with Crippen LogP contribution in [-0.4, -0.2) is 11.6 Å². The van der Waals surface area contributed by atoms with Crippen LogP contribution in [0.15, 0.2) is 18.2 Å². The highest BCUT2D eigenvalue weighted by Gasteiger charge is 2.17. The summed E-state index contributed by atoms with van der Waals surface area (Å²) in [6.07, 6.45) is 0.896. The Kier molecular flexibility index (Phi) is 4.62. The van der Waals surface area contributed by atoms with Gasteiger partial charge in [-0.2, -0.15) is 0 Å². The second-order valence-corrected chi connectivity index (χ2v) is 4.87. The van der Waals surface area contributed by atoms with Crippen LogP contribution >= 0.6 is 0 Å². The van der Waals surface area contributed by atoms with Gasteiger partial charge in [0.25, 0.3) is 0 Å². The number of benzene rings is 1. The quantitative estimate of drug-likeness (QED) is 0.780. The van der Waals surface area contributed by atoms with E-state index < -0.39 is 0 Å². The number of hydrogen-bond acceptors (Lipinski definition) is 2. The molecule has 17 heavy (non-hydrogen) atoms. The number of rotatable bonds is 5. The van der Waals surface area contributed by atoms with Gasteiger partial charge < -0.3 is 9.59 Å². The SMILES string of the molecule is CC(=O)CC(CC(C)=O)c1ccc(C)cc1C. The molecule has 92 valence electrons. The van der Waals surface area contributed by atoms with Gasteiger partial charge in [0.15, 0.2) is 0 Å². The average molecular weight is 232 g/mol. The van der Waals surface area contributed by atoms with Crippen molar-refractivity contribution in [3.05, 3.63) is 34.9 Å². The molecule has 0 aliphatic rings. The smallest absolute Gasteiger partial charge is 0.130 e. The van der Waals surface area contributed by atoms with E-state index in [4.69, 9.17) is 0 Å². The Morgan fingerprint density at radius 2 is 1.59 bits per heavy atom. The molecule has 0 aromatic heterocycles. The van der Waals surface area contributed by atoms with Crippen molar-refractivity contribution in [1.29, 1.82) is 0 Å². The van der Waals surface area contributed by atoms with Crippen molar-refractivity contribution in [2.24, 2.45) is 0 Å². The molecular formula is C15H20O2. The van der Waals surface area contributed by atoms with Crippen molar-refractivity contribution in [3.63, 3.8) is 0 Å². The highest BCUT2D eigenvalue weighted by molar-refractivity contribution is 5.80. The summed E-state index contributed by atoms with van der Waals surface area (Å²) < 4.78 is 0. The molecule has 1 aromatic carbocycles. The standard InChI is InChI=1S/C15H20O2/c1-10-5-6-15(11(2)7-10)14(8-12(3)16)9-13(4)17/h5-7,14H,8-9H2,1-4H3. The second-order valence-electron chi connectivity index (χ2n) is 4.87. The van der Waals surface area contributed by atoms with Gasteiger partial charge in [-0.05, 0) is 44.7 Å². The van der Waals surface area contributed by atoms with Crippen LogP contribution in [0, 0.1) is 13.8 Å². The highest BCUT2D eigenvalue weighted by atomic mass is 16.1. The lowest BCUT2D eigenvalue weighted by Gasteiger charge is -2.17. The van der Waals surface area contributed by atoms with E-state index in [1.807, 2.05) is 26.0 Å². The van der Waals surface area contributed by atoms with Crippen LogP contribution < -0.4 is 0 Å². The summed E-state index contributed by atoms with van der Waals surface area (Å²) in [6, 6.07) is 6.18. The summed E-state index contributed by atoms with van der Waals surface area (Å²) in [6.45, 7) is 7.24. The summed E-state index contributed by atoms with van der Waals surface area (Å²) >= 11 is 0. The molecule has 0 N–H and O–H groups in total. The van der Waals surface area contributed by atoms with Crippen LogP contribution in [-0.2, 0) is 9.59 Å². The summed E-state index contributed by atoms with van der Waals surface area (Å²) in [5.41, 5.74) is 3.49. The van der Waals surface area contributed by atoms with Crippen molar-refractivity contribution in [2.45, 2.75) is 46.5 Å². The van der Waals surface area contributed by atoms with Gasteiger partial charge in [-0.15, -0.1) is 0 Å². The van der Waals surface area contributed by atoms with Gasteiger partial charge in [-0.3, -0.25) is 0 Å². The van der Waals surface area contributed by atoms with Crippen molar-refractivity contribution >= 4 is 11.6 Å². The number of aryl methyl sites for hydroxylation is 2. The monoisotopic (exact) mass is 232 g/mol. The molecule has 0 fully saturated rings. The van der Waals surface area contributed by atoms with E-state index in [1.54, 1.807) is 13.8 Å². The van der Waals surface area contributed by atoms with Gasteiger partial charge in [0, 0.05) is 12.8 Å². The van der Waals surface area contributed by atoms with Crippen molar-refractivity contribution in [3.8, 4) is 0 Å². The number of Topliss-reactive ketones (excluding diaryl/α,β-unsaturated/α-hetero) is 2. The predicted octanol–water partition coefficient (Wildman–Crippen LogP) is 3.35. The largest absolute Gasteiger partial charge is 0.300 e. The molecule has 2 heteroatoms. The third-order valence-electron chi connectivity index (χ3n) is 2.93. The first-order chi connectivity index (χ1) is 7.90. The molecule has 0 saturated carbocycles. The molecule has 1 aromatic rings. The fourth-order valence-corrected chi connectivity index (χ4v) is 2.27. The first kappa shape index (κ1) is 13.6. The molecule has 2 nitrogen and oxygen atoms in total. The van der Waals surface area contributed by atoms with Gasteiger partial charge in [-0.25, -0.2) is 0 Å². The van der Waals surface area contributed by atoms with Gasteiger partial charge in [0.2, 0.25) is 0 Å². The molecule has 0 radical (unpaired) electrons. The lowest BCUT2D eigenvalue weighted by molar-refractivity contribution is -0.118. The summed E-state index contributed by atoms with van der Waals surface area (Å²) in [5, 5.41) is 0. The van der Waals surface area contributed by atoms with E-state index in [0.717, 1.165) is 11.1 Å². The maximum atomic E-state index is 11.3. The Balaban J connectivity index is 3.02. The average Bonchev–Trinajstić information content (AvgIpc) is 2.14. The third-order valence-corrected chi connectivity index (χ3v) is 2.93. The molecule has 0 spiro atoms. The van der Waals surface area contributed by atoms with Gasteiger partial charge in [-0.1, -0.05) is 23.8 Å². The molecule has 0 atom stereocenters. The van der Waals surface area contributed by atoms with Gasteiger partial charge in [0.05, 0.1) is 0 Å². The summed E-state index contributed by atoms with van der Waals surface area (Å²) in [4.78, 5) is 22.6. The van der Waals surface area contributed by atoms with E-state index in [0.29, 0.717) is 12.8 Å². The zero-order chi connectivity index (χ0) is 13.0. The van der Waals surface area contributed by atoms with Crippen LogP contribution in [0.3, 0.4) is 0 Å². The second kappa shape index (κ2) is 5.76. The van der Waals surface area contributed by atoms with Crippen LogP contribution in [0.1, 0.15) is 49.3 Å². The minimum atomic E-state index is 0.0330. The topological polar surface area (TPSA) is 34.1 Å². The lowest BCUT2D eigenvalue weighted by Crippen LogP contribution is -2.10. The molecular weight excluding hydrogens is 212 g/mol. The Bertz CT molecular complexity index is 417. The fourth-order valence-electron chi connectivity index (χ4n) is 2.27. The molecule has 0 bridgehead atoms. The Labute approximate surface area is 103 Å². The fraction of sp³-hybridized carbons (Fsp3) is 0.467. The Hall–Kier alpha value is -1.44. The van der Waals surface area contributed by atoms with Crippen LogP contribution in [0.25, 0.3) is 0 Å². The van der Waals surface area contributed by atoms with E-state index in [9.17, 15) is 9.59 Å². The summed E-state index contributed by atoms with van der Waals surface area (Å²) in [7, 11) is 0. The van der Waals surface area contributed by atoms with E-state index >= 15 is 0 Å². The van der Waals surface area contributed by atoms with Crippen molar-refractivity contribution in [2.75, 3.05) is 0 Å². The first-order valence-corrected chi connectivity index (χ1v) is 5.96. The molecule has 0 aliphatic carbocycles. The number of hydrogen-bond donors (Lipinski definition) is 0. The van der Waals surface area contributed by atoms with Crippen LogP contribution in [0.5, 0.6) is 0 Å². The molecule has 0 unspecified atom stereocenters. The maximum Gasteiger partial charge on any atom is 0.130 e. The molecule has 0 amide bonds. The van der Waals surface area contributed by atoms with Gasteiger partial charge >= 0.3 is 0 Å². The number of carbonyl (C=O) groups is 2. The Morgan fingerprint density at radius 1 is 1.06 bits per heavy atom. The first-order valence-electron chi connectivity index (χ1n) is 5.96. The number of ketones is 2. The molecule has 0 heterocycles. The van der Waals surface area contributed by atoms with Gasteiger partial charge in [0.1, 0.15) is 11.6 Å². The lowest BCUT2D eigenvalue weighted by atomic mass is 9.86. The zero-order valence-corrected chi connectivity index (χ0v) is 11.0. The molecule has 0 aliphatic heterocycles.